The summed E-state index contributed by atoms with van der Waals surface area (Å²) in [6.07, 6.45) is 1.37. The Morgan fingerprint density at radius 3 is 2.68 bits per heavy atom. The first-order chi connectivity index (χ1) is 13.4. The lowest BCUT2D eigenvalue weighted by atomic mass is 10.1. The Labute approximate surface area is 173 Å². The predicted molar refractivity (Wildman–Crippen MR) is 112 cm³/mol. The minimum atomic E-state index is -0.947. The van der Waals surface area contributed by atoms with Crippen LogP contribution >= 0.6 is 15.9 Å². The standard InChI is InChI=1S/C22H25BrFNO3/c1-4-27-22(26)11-16-5-6-17(24)12-21(16)28-13-15-9-19(23)18-7-8-25(14(2)3)20(18)10-15/h5-10,12,14,22,26H,4,11,13H2,1-3H3. The van der Waals surface area contributed by atoms with Crippen LogP contribution in [0.3, 0.4) is 0 Å². The van der Waals surface area contributed by atoms with Gasteiger partial charge in [0, 0.05) is 46.7 Å². The number of rotatable bonds is 8. The number of nitrogens with zero attached hydrogens (tertiary/aromatic N) is 1. The number of hydrogen-bond acceptors (Lipinski definition) is 3. The van der Waals surface area contributed by atoms with Crippen LogP contribution in [0.2, 0.25) is 0 Å². The van der Waals surface area contributed by atoms with E-state index in [1.165, 1.54) is 12.1 Å². The second-order valence-corrected chi connectivity index (χ2v) is 7.84. The molecule has 0 amide bonds. The van der Waals surface area contributed by atoms with Crippen LogP contribution in [-0.2, 0) is 17.8 Å². The van der Waals surface area contributed by atoms with Crippen LogP contribution in [0.25, 0.3) is 10.9 Å². The highest BCUT2D eigenvalue weighted by Crippen LogP contribution is 2.30. The van der Waals surface area contributed by atoms with Crippen molar-refractivity contribution >= 4 is 26.8 Å². The zero-order valence-corrected chi connectivity index (χ0v) is 17.9. The highest BCUT2D eigenvalue weighted by atomic mass is 79.9. The average Bonchev–Trinajstić information content (AvgIpc) is 3.07. The normalized spacial score (nSPS) is 12.7. The molecule has 6 heteroatoms. The van der Waals surface area contributed by atoms with Crippen LogP contribution < -0.4 is 4.74 Å². The van der Waals surface area contributed by atoms with E-state index in [0.717, 1.165) is 20.9 Å². The Bertz CT molecular complexity index is 954. The molecule has 3 aromatic rings. The molecule has 0 saturated heterocycles. The van der Waals surface area contributed by atoms with E-state index in [0.29, 0.717) is 30.6 Å². The van der Waals surface area contributed by atoms with E-state index < -0.39 is 6.29 Å². The second kappa shape index (κ2) is 9.07. The van der Waals surface area contributed by atoms with Gasteiger partial charge in [-0.15, -0.1) is 0 Å². The van der Waals surface area contributed by atoms with Crippen LogP contribution in [0, 0.1) is 5.82 Å². The van der Waals surface area contributed by atoms with Gasteiger partial charge in [-0.3, -0.25) is 0 Å². The fraction of sp³-hybridized carbons (Fsp3) is 0.364. The van der Waals surface area contributed by atoms with Gasteiger partial charge in [-0.1, -0.05) is 22.0 Å². The van der Waals surface area contributed by atoms with E-state index in [-0.39, 0.29) is 12.2 Å². The number of fused-ring (bicyclic) bond motifs is 1. The molecule has 0 aliphatic carbocycles. The SMILES string of the molecule is CCOC(O)Cc1ccc(F)cc1OCc1cc(Br)c2ccn(C(C)C)c2c1. The molecule has 1 atom stereocenters. The minimum Gasteiger partial charge on any atom is -0.489 e. The molecule has 0 spiro atoms. The first-order valence-electron chi connectivity index (χ1n) is 9.39. The van der Waals surface area contributed by atoms with Gasteiger partial charge in [0.05, 0.1) is 0 Å². The highest BCUT2D eigenvalue weighted by molar-refractivity contribution is 9.10. The molecule has 0 fully saturated rings. The maximum absolute atomic E-state index is 13.7. The van der Waals surface area contributed by atoms with Crippen molar-refractivity contribution in [3.05, 3.63) is 64.0 Å². The minimum absolute atomic E-state index is 0.238. The van der Waals surface area contributed by atoms with Crippen molar-refractivity contribution in [2.75, 3.05) is 6.61 Å². The van der Waals surface area contributed by atoms with Gasteiger partial charge >= 0.3 is 0 Å². The summed E-state index contributed by atoms with van der Waals surface area (Å²) < 4.78 is 28.1. The zero-order chi connectivity index (χ0) is 20.3. The fourth-order valence-electron chi connectivity index (χ4n) is 3.24. The summed E-state index contributed by atoms with van der Waals surface area (Å²) >= 11 is 3.63. The third-order valence-corrected chi connectivity index (χ3v) is 5.24. The maximum Gasteiger partial charge on any atom is 0.158 e. The van der Waals surface area contributed by atoms with Gasteiger partial charge in [-0.2, -0.15) is 0 Å². The highest BCUT2D eigenvalue weighted by Gasteiger charge is 2.13. The molecule has 1 heterocycles. The third kappa shape index (κ3) is 4.74. The van der Waals surface area contributed by atoms with Crippen molar-refractivity contribution in [2.45, 2.75) is 46.1 Å². The molecule has 0 bridgehead atoms. The first-order valence-corrected chi connectivity index (χ1v) is 10.2. The van der Waals surface area contributed by atoms with Crippen molar-refractivity contribution in [1.82, 2.24) is 4.57 Å². The molecule has 4 nitrogen and oxygen atoms in total. The molecular formula is C22H25BrFNO3. The number of aliphatic hydroxyl groups excluding tert-OH is 1. The van der Waals surface area contributed by atoms with Gasteiger partial charge in [0.1, 0.15) is 18.2 Å². The molecule has 150 valence electrons. The smallest absolute Gasteiger partial charge is 0.158 e. The van der Waals surface area contributed by atoms with E-state index in [9.17, 15) is 9.50 Å². The summed E-state index contributed by atoms with van der Waals surface area (Å²) in [7, 11) is 0. The third-order valence-electron chi connectivity index (χ3n) is 4.58. The fourth-order valence-corrected chi connectivity index (χ4v) is 3.87. The Hall–Kier alpha value is -1.89. The summed E-state index contributed by atoms with van der Waals surface area (Å²) in [6, 6.07) is 10.9. The maximum atomic E-state index is 13.7. The molecule has 3 rings (SSSR count). The molecule has 1 N–H and O–H groups in total. The molecule has 1 unspecified atom stereocenters. The summed E-state index contributed by atoms with van der Waals surface area (Å²) in [5.41, 5.74) is 2.79. The lowest BCUT2D eigenvalue weighted by Gasteiger charge is -2.16. The Kier molecular flexibility index (Phi) is 6.75. The lowest BCUT2D eigenvalue weighted by Crippen LogP contribution is -2.15. The van der Waals surface area contributed by atoms with Crippen LogP contribution in [0.5, 0.6) is 5.75 Å². The van der Waals surface area contributed by atoms with E-state index in [1.54, 1.807) is 6.07 Å². The van der Waals surface area contributed by atoms with Crippen molar-refractivity contribution < 1.29 is 19.0 Å². The molecule has 1 aromatic heterocycles. The molecule has 2 aromatic carbocycles. The number of ether oxygens (including phenoxy) is 2. The second-order valence-electron chi connectivity index (χ2n) is 6.98. The van der Waals surface area contributed by atoms with Crippen LogP contribution in [0.1, 0.15) is 37.9 Å². The molecule has 0 aliphatic heterocycles. The zero-order valence-electron chi connectivity index (χ0n) is 16.3. The number of benzene rings is 2. The summed E-state index contributed by atoms with van der Waals surface area (Å²) in [5, 5.41) is 11.1. The average molecular weight is 450 g/mol. The molecule has 0 saturated carbocycles. The topological polar surface area (TPSA) is 43.6 Å². The van der Waals surface area contributed by atoms with Gasteiger partial charge in [0.2, 0.25) is 0 Å². The summed E-state index contributed by atoms with van der Waals surface area (Å²) in [4.78, 5) is 0. The van der Waals surface area contributed by atoms with Gasteiger partial charge in [0.15, 0.2) is 6.29 Å². The number of halogens is 2. The van der Waals surface area contributed by atoms with Crippen LogP contribution in [-0.4, -0.2) is 22.6 Å². The molecule has 0 aliphatic rings. The van der Waals surface area contributed by atoms with Crippen molar-refractivity contribution in [2.24, 2.45) is 0 Å². The lowest BCUT2D eigenvalue weighted by molar-refractivity contribution is -0.0930. The summed E-state index contributed by atoms with van der Waals surface area (Å²) in [5.74, 6) is 0.0316. The quantitative estimate of drug-likeness (QED) is 0.455. The van der Waals surface area contributed by atoms with Gasteiger partial charge in [0.25, 0.3) is 0 Å². The molecule has 28 heavy (non-hydrogen) atoms. The first kappa shape index (κ1) is 20.8. The van der Waals surface area contributed by atoms with E-state index >= 15 is 0 Å². The van der Waals surface area contributed by atoms with Crippen LogP contribution in [0.4, 0.5) is 4.39 Å². The van der Waals surface area contributed by atoms with Gasteiger partial charge < -0.3 is 19.1 Å². The van der Waals surface area contributed by atoms with Crippen molar-refractivity contribution in [3.8, 4) is 5.75 Å². The van der Waals surface area contributed by atoms with E-state index in [2.05, 4.69) is 52.7 Å². The molecule has 0 radical (unpaired) electrons. The molecular weight excluding hydrogens is 425 g/mol. The number of aliphatic hydroxyl groups is 1. The Morgan fingerprint density at radius 1 is 1.18 bits per heavy atom. The van der Waals surface area contributed by atoms with Crippen molar-refractivity contribution in [1.29, 1.82) is 0 Å². The van der Waals surface area contributed by atoms with E-state index in [1.807, 2.05) is 13.0 Å². The van der Waals surface area contributed by atoms with Crippen LogP contribution in [0.15, 0.2) is 47.1 Å². The monoisotopic (exact) mass is 449 g/mol. The van der Waals surface area contributed by atoms with Gasteiger partial charge in [-0.25, -0.2) is 4.39 Å². The summed E-state index contributed by atoms with van der Waals surface area (Å²) in [6.45, 7) is 6.78. The van der Waals surface area contributed by atoms with Gasteiger partial charge in [-0.05, 0) is 56.2 Å². The number of hydrogen-bond donors (Lipinski definition) is 1. The van der Waals surface area contributed by atoms with Crippen molar-refractivity contribution in [3.63, 3.8) is 0 Å². The Morgan fingerprint density at radius 2 is 1.96 bits per heavy atom. The van der Waals surface area contributed by atoms with E-state index in [4.69, 9.17) is 9.47 Å². The largest absolute Gasteiger partial charge is 0.489 e. The Balaban J connectivity index is 1.84. The number of aromatic nitrogens is 1. The predicted octanol–water partition coefficient (Wildman–Crippen LogP) is 5.60.